The van der Waals surface area contributed by atoms with Crippen LogP contribution in [0.25, 0.3) is 11.1 Å². The van der Waals surface area contributed by atoms with E-state index in [-0.39, 0.29) is 40.7 Å². The number of anilines is 1. The second kappa shape index (κ2) is 10.4. The Morgan fingerprint density at radius 2 is 1.76 bits per heavy atom. The smallest absolute Gasteiger partial charge is 0.331 e. The number of halogens is 2. The van der Waals surface area contributed by atoms with Gasteiger partial charge < -0.3 is 15.1 Å². The Morgan fingerprint density at radius 3 is 2.53 bits per heavy atom. The van der Waals surface area contributed by atoms with Crippen LogP contribution in [0.3, 0.4) is 0 Å². The van der Waals surface area contributed by atoms with Crippen LogP contribution in [0.4, 0.5) is 14.9 Å². The van der Waals surface area contributed by atoms with E-state index in [1.165, 1.54) is 31.4 Å². The third kappa shape index (κ3) is 4.83. The van der Waals surface area contributed by atoms with Crippen molar-refractivity contribution >= 4 is 29.2 Å². The molecule has 3 heterocycles. The Hall–Kier alpha value is -3.92. The van der Waals surface area contributed by atoms with Crippen LogP contribution in [0.2, 0.25) is 5.02 Å². The lowest BCUT2D eigenvalue weighted by Crippen LogP contribution is -2.51. The SMILES string of the molecule is Cn1c(=O)c(-c2cccc(F)c2Cl)cn(CC(=O)N2CCC(N3CCc4ccccc4NC3=O)CC2)c1=O. The van der Waals surface area contributed by atoms with E-state index in [0.717, 1.165) is 26.8 Å². The third-order valence-electron chi connectivity index (χ3n) is 7.30. The predicted molar refractivity (Wildman–Crippen MR) is 142 cm³/mol. The largest absolute Gasteiger partial charge is 0.341 e. The second-order valence-corrected chi connectivity index (χ2v) is 9.94. The van der Waals surface area contributed by atoms with E-state index in [1.54, 1.807) is 4.90 Å². The number of aromatic nitrogens is 2. The molecule has 3 amide bonds. The van der Waals surface area contributed by atoms with Crippen molar-refractivity contribution < 1.29 is 14.0 Å². The lowest BCUT2D eigenvalue weighted by molar-refractivity contribution is -0.133. The lowest BCUT2D eigenvalue weighted by atomic mass is 10.0. The van der Waals surface area contributed by atoms with Crippen molar-refractivity contribution in [1.29, 1.82) is 0 Å². The van der Waals surface area contributed by atoms with E-state index in [0.29, 0.717) is 32.5 Å². The minimum absolute atomic E-state index is 0.00430. The molecule has 9 nitrogen and oxygen atoms in total. The minimum Gasteiger partial charge on any atom is -0.341 e. The number of rotatable bonds is 4. The van der Waals surface area contributed by atoms with Crippen LogP contribution in [0.15, 0.2) is 58.3 Å². The van der Waals surface area contributed by atoms with E-state index < -0.39 is 17.1 Å². The summed E-state index contributed by atoms with van der Waals surface area (Å²) < 4.78 is 16.0. The molecule has 0 unspecified atom stereocenters. The normalized spacial score (nSPS) is 16.1. The lowest BCUT2D eigenvalue weighted by Gasteiger charge is -2.38. The summed E-state index contributed by atoms with van der Waals surface area (Å²) in [6, 6.07) is 11.7. The van der Waals surface area contributed by atoms with Gasteiger partial charge in [0.25, 0.3) is 5.56 Å². The Morgan fingerprint density at radius 1 is 1.03 bits per heavy atom. The van der Waals surface area contributed by atoms with Crippen LogP contribution < -0.4 is 16.6 Å². The highest BCUT2D eigenvalue weighted by Gasteiger charge is 2.31. The van der Waals surface area contributed by atoms with E-state index in [9.17, 15) is 23.6 Å². The van der Waals surface area contributed by atoms with Crippen molar-refractivity contribution in [3.05, 3.63) is 85.9 Å². The average Bonchev–Trinajstić information content (AvgIpc) is 3.09. The van der Waals surface area contributed by atoms with Gasteiger partial charge in [0.05, 0.1) is 10.6 Å². The van der Waals surface area contributed by atoms with Gasteiger partial charge in [-0.3, -0.25) is 18.7 Å². The summed E-state index contributed by atoms with van der Waals surface area (Å²) in [5, 5.41) is 2.75. The van der Waals surface area contributed by atoms with E-state index in [2.05, 4.69) is 5.32 Å². The Balaban J connectivity index is 1.28. The van der Waals surface area contributed by atoms with Gasteiger partial charge in [-0.2, -0.15) is 0 Å². The molecule has 1 N–H and O–H groups in total. The molecule has 3 aromatic rings. The highest BCUT2D eigenvalue weighted by atomic mass is 35.5. The maximum absolute atomic E-state index is 14.0. The summed E-state index contributed by atoms with van der Waals surface area (Å²) in [5.41, 5.74) is 0.801. The summed E-state index contributed by atoms with van der Waals surface area (Å²) in [6.45, 7) is 1.18. The van der Waals surface area contributed by atoms with Gasteiger partial charge in [0, 0.05) is 50.2 Å². The third-order valence-corrected chi connectivity index (χ3v) is 7.68. The first-order valence-corrected chi connectivity index (χ1v) is 12.8. The van der Waals surface area contributed by atoms with Crippen LogP contribution >= 0.6 is 11.6 Å². The summed E-state index contributed by atoms with van der Waals surface area (Å²) in [5.74, 6) is -0.974. The molecule has 1 fully saturated rings. The van der Waals surface area contributed by atoms with Gasteiger partial charge >= 0.3 is 11.7 Å². The highest BCUT2D eigenvalue weighted by molar-refractivity contribution is 6.33. The fourth-order valence-corrected chi connectivity index (χ4v) is 5.37. The number of piperidine rings is 1. The Labute approximate surface area is 223 Å². The molecule has 5 rings (SSSR count). The van der Waals surface area contributed by atoms with Crippen molar-refractivity contribution in [3.8, 4) is 11.1 Å². The zero-order valence-corrected chi connectivity index (χ0v) is 21.6. The number of nitrogens with one attached hydrogen (secondary N) is 1. The zero-order valence-electron chi connectivity index (χ0n) is 20.8. The first-order valence-electron chi connectivity index (χ1n) is 12.4. The van der Waals surface area contributed by atoms with Gasteiger partial charge in [0.2, 0.25) is 5.91 Å². The summed E-state index contributed by atoms with van der Waals surface area (Å²) >= 11 is 6.08. The van der Waals surface area contributed by atoms with Crippen molar-refractivity contribution in [2.24, 2.45) is 7.05 Å². The zero-order chi connectivity index (χ0) is 27.0. The molecule has 11 heteroatoms. The molecule has 2 aliphatic heterocycles. The van der Waals surface area contributed by atoms with Crippen molar-refractivity contribution in [1.82, 2.24) is 18.9 Å². The molecule has 2 aliphatic rings. The van der Waals surface area contributed by atoms with Gasteiger partial charge in [0.15, 0.2) is 0 Å². The van der Waals surface area contributed by atoms with Gasteiger partial charge in [-0.15, -0.1) is 0 Å². The van der Waals surface area contributed by atoms with Gasteiger partial charge in [-0.05, 0) is 37.0 Å². The first kappa shape index (κ1) is 25.7. The monoisotopic (exact) mass is 539 g/mol. The number of amides is 3. The van der Waals surface area contributed by atoms with Crippen molar-refractivity contribution in [2.45, 2.75) is 31.8 Å². The predicted octanol–water partition coefficient (Wildman–Crippen LogP) is 3.09. The van der Waals surface area contributed by atoms with Crippen molar-refractivity contribution in [2.75, 3.05) is 25.0 Å². The number of para-hydroxylation sites is 1. The standard InChI is InChI=1S/C27H27ClFN5O4/c1-31-25(36)20(19-6-4-7-21(29)24(19)28)15-33(27(31)38)16-23(35)32-12-10-18(11-13-32)34-14-9-17-5-2-3-8-22(17)30-26(34)37/h2-8,15,18H,9-14,16H2,1H3,(H,30,37). The molecule has 0 atom stereocenters. The number of carbonyl (C=O) groups excluding carboxylic acids is 2. The number of fused-ring (bicyclic) bond motifs is 1. The minimum atomic E-state index is -0.690. The number of benzene rings is 2. The molecule has 198 valence electrons. The second-order valence-electron chi connectivity index (χ2n) is 9.56. The number of nitrogens with zero attached hydrogens (tertiary/aromatic N) is 4. The highest BCUT2D eigenvalue weighted by Crippen LogP contribution is 2.28. The fraction of sp³-hybridized carbons (Fsp3) is 0.333. The molecule has 0 spiro atoms. The topological polar surface area (TPSA) is 96.7 Å². The number of hydrogen-bond donors (Lipinski definition) is 1. The molecule has 2 aromatic carbocycles. The van der Waals surface area contributed by atoms with Gasteiger partial charge in [0.1, 0.15) is 12.4 Å². The van der Waals surface area contributed by atoms with Gasteiger partial charge in [-0.25, -0.2) is 14.0 Å². The maximum atomic E-state index is 14.0. The van der Waals surface area contributed by atoms with Crippen LogP contribution in [0.1, 0.15) is 18.4 Å². The van der Waals surface area contributed by atoms with E-state index in [4.69, 9.17) is 11.6 Å². The molecule has 0 radical (unpaired) electrons. The summed E-state index contributed by atoms with van der Waals surface area (Å²) in [6.07, 6.45) is 3.24. The Bertz CT molecular complexity index is 1530. The number of urea groups is 1. The summed E-state index contributed by atoms with van der Waals surface area (Å²) in [4.78, 5) is 55.0. The fourth-order valence-electron chi connectivity index (χ4n) is 5.15. The van der Waals surface area contributed by atoms with Crippen LogP contribution in [0.5, 0.6) is 0 Å². The molecule has 38 heavy (non-hydrogen) atoms. The van der Waals surface area contributed by atoms with Crippen molar-refractivity contribution in [3.63, 3.8) is 0 Å². The van der Waals surface area contributed by atoms with Crippen LogP contribution in [-0.4, -0.2) is 56.5 Å². The Kier molecular flexibility index (Phi) is 7.07. The average molecular weight is 540 g/mol. The van der Waals surface area contributed by atoms with Crippen LogP contribution in [0, 0.1) is 5.82 Å². The van der Waals surface area contributed by atoms with E-state index in [1.807, 2.05) is 29.2 Å². The van der Waals surface area contributed by atoms with Gasteiger partial charge in [-0.1, -0.05) is 41.9 Å². The molecule has 0 saturated carbocycles. The molecular formula is C27H27ClFN5O4. The molecule has 0 bridgehead atoms. The molecule has 1 saturated heterocycles. The van der Waals surface area contributed by atoms with Crippen LogP contribution in [-0.2, 0) is 24.8 Å². The maximum Gasteiger partial charge on any atom is 0.331 e. The summed E-state index contributed by atoms with van der Waals surface area (Å²) in [7, 11) is 1.30. The molecule has 0 aliphatic carbocycles. The molecular weight excluding hydrogens is 513 g/mol. The quantitative estimate of drug-likeness (QED) is 0.551. The number of likely N-dealkylation sites (tertiary alicyclic amines) is 1. The molecule has 1 aromatic heterocycles. The number of carbonyl (C=O) groups is 2. The first-order chi connectivity index (χ1) is 18.2. The number of hydrogen-bond acceptors (Lipinski definition) is 4. The van der Waals surface area contributed by atoms with E-state index >= 15 is 0 Å².